The normalized spacial score (nSPS) is 17.8. The number of hydrogen-bond donors (Lipinski definition) is 1. The number of hydrogen-bond acceptors (Lipinski definition) is 2. The van der Waals surface area contributed by atoms with Gasteiger partial charge in [0, 0.05) is 29.0 Å². The zero-order chi connectivity index (χ0) is 24.0. The van der Waals surface area contributed by atoms with Gasteiger partial charge in [0.2, 0.25) is 0 Å². The third kappa shape index (κ3) is 3.90. The van der Waals surface area contributed by atoms with Crippen molar-refractivity contribution in [3.05, 3.63) is 112 Å². The smallest absolute Gasteiger partial charge is 0.174 e. The summed E-state index contributed by atoms with van der Waals surface area (Å²) >= 11 is 5.90. The van der Waals surface area contributed by atoms with Crippen LogP contribution in [0.25, 0.3) is 5.69 Å². The van der Waals surface area contributed by atoms with Crippen molar-refractivity contribution in [3.63, 3.8) is 0 Å². The van der Waals surface area contributed by atoms with Crippen LogP contribution in [0.5, 0.6) is 0 Å². The molecule has 2 aromatic carbocycles. The number of aromatic nitrogens is 2. The number of pyridine rings is 1. The fourth-order valence-corrected chi connectivity index (χ4v) is 5.56. The minimum atomic E-state index is -0.0526. The van der Waals surface area contributed by atoms with Crippen LogP contribution in [0, 0.1) is 34.6 Å². The van der Waals surface area contributed by atoms with Gasteiger partial charge in [-0.2, -0.15) is 0 Å². The van der Waals surface area contributed by atoms with Gasteiger partial charge < -0.3 is 14.8 Å². The maximum absolute atomic E-state index is 5.90. The SMILES string of the molecule is Cc1ccc(N2C(=S)N[C@@H](c3ccccn3)[C@@H]2c2cc(C)n(-c3cc(C)cc(C)c3)c2C)cc1. The lowest BCUT2D eigenvalue weighted by Crippen LogP contribution is -2.29. The summed E-state index contributed by atoms with van der Waals surface area (Å²) in [6, 6.07) is 23.6. The molecule has 0 radical (unpaired) electrons. The first-order chi connectivity index (χ1) is 16.3. The van der Waals surface area contributed by atoms with Crippen LogP contribution >= 0.6 is 12.2 Å². The maximum Gasteiger partial charge on any atom is 0.174 e. The first-order valence-corrected chi connectivity index (χ1v) is 12.1. The molecule has 1 N–H and O–H groups in total. The molecule has 0 amide bonds. The van der Waals surface area contributed by atoms with Crippen molar-refractivity contribution >= 4 is 23.0 Å². The van der Waals surface area contributed by atoms with Crippen LogP contribution in [-0.2, 0) is 0 Å². The average Bonchev–Trinajstić information content (AvgIpc) is 3.29. The molecule has 4 aromatic rings. The molecule has 172 valence electrons. The molecule has 2 aromatic heterocycles. The first-order valence-electron chi connectivity index (χ1n) is 11.7. The molecule has 0 spiro atoms. The van der Waals surface area contributed by atoms with Crippen LogP contribution in [0.2, 0.25) is 0 Å². The zero-order valence-electron chi connectivity index (χ0n) is 20.3. The first kappa shape index (κ1) is 22.4. The van der Waals surface area contributed by atoms with Crippen LogP contribution in [-0.4, -0.2) is 14.7 Å². The molecule has 0 unspecified atom stereocenters. The Morgan fingerprint density at radius 1 is 0.794 bits per heavy atom. The lowest BCUT2D eigenvalue weighted by Gasteiger charge is -2.28. The van der Waals surface area contributed by atoms with E-state index in [2.05, 4.69) is 104 Å². The number of rotatable bonds is 4. The summed E-state index contributed by atoms with van der Waals surface area (Å²) in [5.41, 5.74) is 10.7. The average molecular weight is 467 g/mol. The summed E-state index contributed by atoms with van der Waals surface area (Å²) in [7, 11) is 0. The molecule has 4 nitrogen and oxygen atoms in total. The van der Waals surface area contributed by atoms with Crippen molar-refractivity contribution in [1.29, 1.82) is 0 Å². The molecule has 2 atom stereocenters. The predicted octanol–water partition coefficient (Wildman–Crippen LogP) is 6.59. The molecular formula is C29H30N4S. The highest BCUT2D eigenvalue weighted by atomic mass is 32.1. The van der Waals surface area contributed by atoms with E-state index in [-0.39, 0.29) is 12.1 Å². The Hall–Kier alpha value is -3.44. The topological polar surface area (TPSA) is 33.1 Å². The Morgan fingerprint density at radius 2 is 1.50 bits per heavy atom. The van der Waals surface area contributed by atoms with Gasteiger partial charge in [-0.25, -0.2) is 0 Å². The van der Waals surface area contributed by atoms with Crippen molar-refractivity contribution in [1.82, 2.24) is 14.9 Å². The Labute approximate surface area is 207 Å². The van der Waals surface area contributed by atoms with Gasteiger partial charge in [-0.1, -0.05) is 29.8 Å². The molecule has 1 saturated heterocycles. The molecule has 1 fully saturated rings. The highest BCUT2D eigenvalue weighted by Gasteiger charge is 2.42. The highest BCUT2D eigenvalue weighted by molar-refractivity contribution is 7.80. The van der Waals surface area contributed by atoms with Crippen molar-refractivity contribution in [2.24, 2.45) is 0 Å². The van der Waals surface area contributed by atoms with Crippen molar-refractivity contribution in [3.8, 4) is 5.69 Å². The third-order valence-electron chi connectivity index (χ3n) is 6.66. The van der Waals surface area contributed by atoms with E-state index in [1.54, 1.807) is 0 Å². The van der Waals surface area contributed by atoms with Crippen molar-refractivity contribution in [2.45, 2.75) is 46.7 Å². The summed E-state index contributed by atoms with van der Waals surface area (Å²) < 4.78 is 2.36. The summed E-state index contributed by atoms with van der Waals surface area (Å²) in [5.74, 6) is 0. The van der Waals surface area contributed by atoms with Crippen molar-refractivity contribution < 1.29 is 0 Å². The molecule has 1 aliphatic heterocycles. The largest absolute Gasteiger partial charge is 0.351 e. The zero-order valence-corrected chi connectivity index (χ0v) is 21.1. The van der Waals surface area contributed by atoms with E-state index in [4.69, 9.17) is 17.2 Å². The Bertz CT molecular complexity index is 1330. The van der Waals surface area contributed by atoms with Crippen LogP contribution in [0.1, 0.15) is 51.4 Å². The van der Waals surface area contributed by atoms with E-state index in [9.17, 15) is 0 Å². The Morgan fingerprint density at radius 3 is 2.15 bits per heavy atom. The van der Waals surface area contributed by atoms with E-state index < -0.39 is 0 Å². The fourth-order valence-electron chi connectivity index (χ4n) is 5.22. The molecule has 5 rings (SSSR count). The number of anilines is 1. The van der Waals surface area contributed by atoms with Gasteiger partial charge in [0.1, 0.15) is 0 Å². The number of benzene rings is 2. The molecule has 34 heavy (non-hydrogen) atoms. The molecule has 0 saturated carbocycles. The van der Waals surface area contributed by atoms with Gasteiger partial charge in [-0.3, -0.25) is 4.98 Å². The van der Waals surface area contributed by atoms with Crippen molar-refractivity contribution in [2.75, 3.05) is 4.90 Å². The van der Waals surface area contributed by atoms with Gasteiger partial charge in [0.05, 0.1) is 17.8 Å². The number of aryl methyl sites for hydroxylation is 4. The monoisotopic (exact) mass is 466 g/mol. The van der Waals surface area contributed by atoms with Gasteiger partial charge in [0.15, 0.2) is 5.11 Å². The summed E-state index contributed by atoms with van der Waals surface area (Å²) in [4.78, 5) is 6.95. The Balaban J connectivity index is 1.69. The number of thiocarbonyl (C=S) groups is 1. The molecule has 1 aliphatic rings. The third-order valence-corrected chi connectivity index (χ3v) is 6.98. The lowest BCUT2D eigenvalue weighted by molar-refractivity contribution is 0.565. The second-order valence-corrected chi connectivity index (χ2v) is 9.73. The predicted molar refractivity (Wildman–Crippen MR) is 144 cm³/mol. The quantitative estimate of drug-likeness (QED) is 0.344. The summed E-state index contributed by atoms with van der Waals surface area (Å²) in [6.45, 7) is 10.8. The summed E-state index contributed by atoms with van der Waals surface area (Å²) in [5, 5.41) is 4.30. The van der Waals surface area contributed by atoms with Gasteiger partial charge in [-0.05, 0) is 106 Å². The van der Waals surface area contributed by atoms with Gasteiger partial charge in [0.25, 0.3) is 0 Å². The molecule has 5 heteroatoms. The van der Waals surface area contributed by atoms with Gasteiger partial charge >= 0.3 is 0 Å². The van der Waals surface area contributed by atoms with Crippen LogP contribution in [0.3, 0.4) is 0 Å². The van der Waals surface area contributed by atoms with Crippen LogP contribution < -0.4 is 10.2 Å². The molecule has 0 bridgehead atoms. The fraction of sp³-hybridized carbons (Fsp3) is 0.241. The molecular weight excluding hydrogens is 436 g/mol. The van der Waals surface area contributed by atoms with E-state index in [1.165, 1.54) is 39.3 Å². The van der Waals surface area contributed by atoms with E-state index in [0.717, 1.165) is 16.5 Å². The highest BCUT2D eigenvalue weighted by Crippen LogP contribution is 2.43. The second kappa shape index (κ2) is 8.73. The van der Waals surface area contributed by atoms with E-state index in [1.807, 2.05) is 18.3 Å². The molecule has 3 heterocycles. The van der Waals surface area contributed by atoms with E-state index in [0.29, 0.717) is 0 Å². The van der Waals surface area contributed by atoms with Crippen LogP contribution in [0.4, 0.5) is 5.69 Å². The van der Waals surface area contributed by atoms with Gasteiger partial charge in [-0.15, -0.1) is 0 Å². The lowest BCUT2D eigenvalue weighted by atomic mass is 9.96. The maximum atomic E-state index is 5.90. The Kier molecular flexibility index (Phi) is 5.74. The second-order valence-electron chi connectivity index (χ2n) is 9.34. The standard InChI is InChI=1S/C29H30N4S/c1-18-9-11-23(12-10-18)33-28(27(31-29(33)34)26-8-6-7-13-30-26)25-17-21(4)32(22(25)5)24-15-19(2)14-20(3)16-24/h6-17,27-28H,1-5H3,(H,31,34)/t27-,28-/m0/s1. The number of nitrogens with one attached hydrogen (secondary N) is 1. The number of nitrogens with zero attached hydrogens (tertiary/aromatic N) is 3. The minimum absolute atomic E-state index is 0.0176. The molecule has 0 aliphatic carbocycles. The van der Waals surface area contributed by atoms with Crippen LogP contribution in [0.15, 0.2) is 72.9 Å². The minimum Gasteiger partial charge on any atom is -0.351 e. The van der Waals surface area contributed by atoms with E-state index >= 15 is 0 Å². The summed E-state index contributed by atoms with van der Waals surface area (Å²) in [6.07, 6.45) is 1.85.